The number of likely N-dealkylation sites (tertiary alicyclic amines) is 1. The van der Waals surface area contributed by atoms with E-state index in [0.717, 1.165) is 0 Å². The zero-order valence-corrected chi connectivity index (χ0v) is 17.4. The molecule has 1 rings (SSSR count). The summed E-state index contributed by atoms with van der Waals surface area (Å²) in [6.07, 6.45) is 3.08. The van der Waals surface area contributed by atoms with Crippen LogP contribution in [0.4, 0.5) is 0 Å². The number of hydrogen-bond donors (Lipinski definition) is 6. The summed E-state index contributed by atoms with van der Waals surface area (Å²) < 4.78 is 0. The monoisotopic (exact) mass is 436 g/mol. The Kier molecular flexibility index (Phi) is 10.6. The summed E-state index contributed by atoms with van der Waals surface area (Å²) in [6, 6.07) is -4.01. The summed E-state index contributed by atoms with van der Waals surface area (Å²) in [7, 11) is 0. The van der Waals surface area contributed by atoms with Crippen LogP contribution in [-0.2, 0) is 19.2 Å². The van der Waals surface area contributed by atoms with Crippen LogP contribution in [0.15, 0.2) is 0 Å². The van der Waals surface area contributed by atoms with E-state index in [-0.39, 0.29) is 12.2 Å². The lowest BCUT2D eigenvalue weighted by Crippen LogP contribution is -2.57. The van der Waals surface area contributed by atoms with Gasteiger partial charge in [0.05, 0.1) is 6.61 Å². The quantitative estimate of drug-likeness (QED) is 0.203. The smallest absolute Gasteiger partial charge is 0.326 e. The highest BCUT2D eigenvalue weighted by molar-refractivity contribution is 7.98. The summed E-state index contributed by atoms with van der Waals surface area (Å²) in [6.45, 7) is -0.198. The highest BCUT2D eigenvalue weighted by atomic mass is 32.2. The molecule has 0 aliphatic carbocycles. The van der Waals surface area contributed by atoms with Crippen molar-refractivity contribution in [3.63, 3.8) is 0 Å². The third kappa shape index (κ3) is 6.83. The first-order valence-electron chi connectivity index (χ1n) is 8.87. The normalized spacial score (nSPS) is 19.6. The number of aliphatic hydroxyl groups excluding tert-OH is 1. The third-order valence-electron chi connectivity index (χ3n) is 4.39. The van der Waals surface area contributed by atoms with Gasteiger partial charge in [-0.25, -0.2) is 4.79 Å². The first-order chi connectivity index (χ1) is 13.3. The molecule has 0 aromatic heterocycles. The van der Waals surface area contributed by atoms with E-state index < -0.39 is 54.5 Å². The van der Waals surface area contributed by atoms with Gasteiger partial charge in [-0.15, -0.1) is 0 Å². The highest BCUT2D eigenvalue weighted by Gasteiger charge is 2.37. The molecule has 0 aromatic carbocycles. The van der Waals surface area contributed by atoms with Crippen LogP contribution in [0.5, 0.6) is 0 Å². The summed E-state index contributed by atoms with van der Waals surface area (Å²) in [5, 5.41) is 23.2. The van der Waals surface area contributed by atoms with Crippen LogP contribution in [0.25, 0.3) is 0 Å². The minimum Gasteiger partial charge on any atom is -0.480 e. The number of nitrogens with zero attached hydrogens (tertiary/aromatic N) is 1. The zero-order chi connectivity index (χ0) is 21.3. The molecule has 4 unspecified atom stereocenters. The number of nitrogens with two attached hydrogens (primary N) is 1. The molecule has 4 atom stereocenters. The SMILES string of the molecule is CSCCC(NC(=O)C(CS)NC(=O)C1CCCN1C(=O)C(N)CO)C(=O)O. The summed E-state index contributed by atoms with van der Waals surface area (Å²) in [5.74, 6) is -2.36. The summed E-state index contributed by atoms with van der Waals surface area (Å²) in [5.41, 5.74) is 5.55. The fourth-order valence-electron chi connectivity index (χ4n) is 2.82. The van der Waals surface area contributed by atoms with E-state index in [1.54, 1.807) is 0 Å². The maximum atomic E-state index is 12.6. The number of hydrogen-bond acceptors (Lipinski definition) is 8. The van der Waals surface area contributed by atoms with Crippen molar-refractivity contribution < 1.29 is 29.4 Å². The van der Waals surface area contributed by atoms with Gasteiger partial charge in [0.1, 0.15) is 24.2 Å². The van der Waals surface area contributed by atoms with Crippen molar-refractivity contribution in [3.05, 3.63) is 0 Å². The molecule has 6 N–H and O–H groups in total. The fourth-order valence-corrected chi connectivity index (χ4v) is 3.55. The first-order valence-corrected chi connectivity index (χ1v) is 10.9. The van der Waals surface area contributed by atoms with E-state index in [2.05, 4.69) is 23.3 Å². The van der Waals surface area contributed by atoms with Crippen molar-refractivity contribution in [3.8, 4) is 0 Å². The average molecular weight is 437 g/mol. The van der Waals surface area contributed by atoms with Crippen molar-refractivity contribution in [2.24, 2.45) is 5.73 Å². The molecule has 0 spiro atoms. The van der Waals surface area contributed by atoms with Crippen molar-refractivity contribution in [1.82, 2.24) is 15.5 Å². The molecular formula is C16H28N4O6S2. The molecule has 0 bridgehead atoms. The molecule has 1 fully saturated rings. The van der Waals surface area contributed by atoms with E-state index in [1.807, 2.05) is 6.26 Å². The molecule has 1 heterocycles. The molecule has 0 saturated carbocycles. The van der Waals surface area contributed by atoms with Crippen LogP contribution >= 0.6 is 24.4 Å². The van der Waals surface area contributed by atoms with E-state index in [4.69, 9.17) is 10.8 Å². The Balaban J connectivity index is 2.74. The van der Waals surface area contributed by atoms with E-state index in [0.29, 0.717) is 25.1 Å². The number of thioether (sulfide) groups is 1. The van der Waals surface area contributed by atoms with Crippen molar-refractivity contribution in [1.29, 1.82) is 0 Å². The first kappa shape index (κ1) is 24.5. The number of carboxylic acid groups (broad SMARTS) is 1. The van der Waals surface area contributed by atoms with Gasteiger partial charge in [0.15, 0.2) is 0 Å². The second-order valence-electron chi connectivity index (χ2n) is 6.40. The van der Waals surface area contributed by atoms with Gasteiger partial charge in [-0.2, -0.15) is 24.4 Å². The molecule has 1 aliphatic heterocycles. The lowest BCUT2D eigenvalue weighted by Gasteiger charge is -2.27. The predicted octanol–water partition coefficient (Wildman–Crippen LogP) is -1.97. The Bertz CT molecular complexity index is 579. The average Bonchev–Trinajstić information content (AvgIpc) is 3.17. The molecule has 10 nitrogen and oxygen atoms in total. The van der Waals surface area contributed by atoms with Gasteiger partial charge in [0, 0.05) is 12.3 Å². The van der Waals surface area contributed by atoms with Crippen molar-refractivity contribution in [2.45, 2.75) is 43.4 Å². The van der Waals surface area contributed by atoms with Gasteiger partial charge < -0.3 is 31.5 Å². The lowest BCUT2D eigenvalue weighted by atomic mass is 10.1. The number of amides is 3. The predicted molar refractivity (Wildman–Crippen MR) is 108 cm³/mol. The van der Waals surface area contributed by atoms with Gasteiger partial charge in [0.2, 0.25) is 17.7 Å². The zero-order valence-electron chi connectivity index (χ0n) is 15.7. The number of aliphatic carboxylic acids is 1. The van der Waals surface area contributed by atoms with Crippen LogP contribution in [-0.4, -0.2) is 93.9 Å². The Hall–Kier alpha value is -1.50. The topological polar surface area (TPSA) is 162 Å². The van der Waals surface area contributed by atoms with Crippen LogP contribution in [0.2, 0.25) is 0 Å². The molecule has 28 heavy (non-hydrogen) atoms. The number of carboxylic acids is 1. The molecular weight excluding hydrogens is 408 g/mol. The van der Waals surface area contributed by atoms with Gasteiger partial charge in [-0.1, -0.05) is 0 Å². The van der Waals surface area contributed by atoms with Gasteiger partial charge in [0.25, 0.3) is 0 Å². The number of thiol groups is 1. The van der Waals surface area contributed by atoms with Crippen LogP contribution in [0, 0.1) is 0 Å². The molecule has 0 radical (unpaired) electrons. The lowest BCUT2D eigenvalue weighted by molar-refractivity contribution is -0.143. The Morgan fingerprint density at radius 2 is 1.96 bits per heavy atom. The standard InChI is InChI=1S/C16H28N4O6S2/c1-28-6-4-10(16(25)26)18-13(22)11(8-27)19-14(23)12-3-2-5-20(12)15(24)9(17)7-21/h9-12,21,27H,2-8,17H2,1H3,(H,18,22)(H,19,23)(H,25,26). The molecule has 0 aromatic rings. The number of nitrogens with one attached hydrogen (secondary N) is 2. The fraction of sp³-hybridized carbons (Fsp3) is 0.750. The molecule has 3 amide bonds. The second kappa shape index (κ2) is 12.1. The van der Waals surface area contributed by atoms with Gasteiger partial charge >= 0.3 is 5.97 Å². The minimum absolute atomic E-state index is 0.0384. The molecule has 160 valence electrons. The van der Waals surface area contributed by atoms with E-state index in [1.165, 1.54) is 16.7 Å². The van der Waals surface area contributed by atoms with Gasteiger partial charge in [-0.3, -0.25) is 14.4 Å². The van der Waals surface area contributed by atoms with E-state index >= 15 is 0 Å². The number of rotatable bonds is 11. The minimum atomic E-state index is -1.16. The van der Waals surface area contributed by atoms with Crippen molar-refractivity contribution >= 4 is 48.1 Å². The number of carbonyl (C=O) groups excluding carboxylic acids is 3. The highest BCUT2D eigenvalue weighted by Crippen LogP contribution is 2.18. The number of aliphatic hydroxyl groups is 1. The van der Waals surface area contributed by atoms with Crippen LogP contribution in [0.3, 0.4) is 0 Å². The summed E-state index contributed by atoms with van der Waals surface area (Å²) in [4.78, 5) is 49.8. The number of carbonyl (C=O) groups is 4. The Morgan fingerprint density at radius 1 is 1.29 bits per heavy atom. The third-order valence-corrected chi connectivity index (χ3v) is 5.40. The largest absolute Gasteiger partial charge is 0.480 e. The molecule has 1 aliphatic rings. The molecule has 1 saturated heterocycles. The second-order valence-corrected chi connectivity index (χ2v) is 7.75. The maximum absolute atomic E-state index is 12.6. The molecule has 12 heteroatoms. The van der Waals surface area contributed by atoms with Crippen LogP contribution < -0.4 is 16.4 Å². The van der Waals surface area contributed by atoms with Crippen molar-refractivity contribution in [2.75, 3.05) is 30.9 Å². The maximum Gasteiger partial charge on any atom is 0.326 e. The van der Waals surface area contributed by atoms with Crippen LogP contribution in [0.1, 0.15) is 19.3 Å². The summed E-state index contributed by atoms with van der Waals surface area (Å²) >= 11 is 5.53. The Labute approximate surface area is 173 Å². The Morgan fingerprint density at radius 3 is 2.50 bits per heavy atom. The van der Waals surface area contributed by atoms with E-state index in [9.17, 15) is 24.3 Å². The van der Waals surface area contributed by atoms with Gasteiger partial charge in [-0.05, 0) is 31.3 Å².